The second-order valence-corrected chi connectivity index (χ2v) is 5.09. The highest BCUT2D eigenvalue weighted by atomic mass is 19.3. The van der Waals surface area contributed by atoms with Crippen LogP contribution in [-0.2, 0) is 6.54 Å². The highest BCUT2D eigenvalue weighted by molar-refractivity contribution is 5.86. The van der Waals surface area contributed by atoms with Crippen molar-refractivity contribution in [1.29, 1.82) is 0 Å². The van der Waals surface area contributed by atoms with E-state index in [-0.39, 0.29) is 34.6 Å². The first-order valence-electron chi connectivity index (χ1n) is 7.23. The van der Waals surface area contributed by atoms with Crippen LogP contribution in [0.1, 0.15) is 5.69 Å². The molecular formula is C15H11F2N5O4. The Labute approximate surface area is 143 Å². The third-order valence-corrected chi connectivity index (χ3v) is 3.44. The molecule has 0 bridgehead atoms. The van der Waals surface area contributed by atoms with Gasteiger partial charge in [0.1, 0.15) is 11.4 Å². The fourth-order valence-electron chi connectivity index (χ4n) is 2.27. The van der Waals surface area contributed by atoms with Crippen LogP contribution in [0.3, 0.4) is 0 Å². The number of halogens is 2. The molecule has 134 valence electrons. The molecule has 0 aliphatic carbocycles. The van der Waals surface area contributed by atoms with Gasteiger partial charge < -0.3 is 15.0 Å². The molecule has 0 aliphatic rings. The topological polar surface area (TPSA) is 123 Å². The molecule has 0 atom stereocenters. The lowest BCUT2D eigenvalue weighted by atomic mass is 10.2. The summed E-state index contributed by atoms with van der Waals surface area (Å²) in [6.07, 6.45) is 2.32. The Balaban J connectivity index is 1.85. The van der Waals surface area contributed by atoms with Crippen molar-refractivity contribution in [2.45, 2.75) is 13.2 Å². The van der Waals surface area contributed by atoms with E-state index in [0.717, 1.165) is 12.3 Å². The predicted molar refractivity (Wildman–Crippen MR) is 87.2 cm³/mol. The van der Waals surface area contributed by atoms with E-state index < -0.39 is 17.1 Å². The van der Waals surface area contributed by atoms with Crippen molar-refractivity contribution in [1.82, 2.24) is 15.0 Å². The molecule has 3 aromatic rings. The summed E-state index contributed by atoms with van der Waals surface area (Å²) in [4.78, 5) is 32.6. The second-order valence-electron chi connectivity index (χ2n) is 5.09. The molecule has 11 heteroatoms. The Morgan fingerprint density at radius 3 is 2.77 bits per heavy atom. The van der Waals surface area contributed by atoms with Crippen LogP contribution in [0.15, 0.2) is 41.6 Å². The van der Waals surface area contributed by atoms with E-state index in [0.29, 0.717) is 5.69 Å². The van der Waals surface area contributed by atoms with Gasteiger partial charge in [0.25, 0.3) is 11.2 Å². The van der Waals surface area contributed by atoms with Crippen molar-refractivity contribution in [2.24, 2.45) is 0 Å². The Kier molecular flexibility index (Phi) is 4.69. The number of alkyl halides is 2. The molecule has 3 rings (SSSR count). The van der Waals surface area contributed by atoms with Gasteiger partial charge in [-0.25, -0.2) is 4.98 Å². The van der Waals surface area contributed by atoms with Crippen LogP contribution < -0.4 is 15.6 Å². The van der Waals surface area contributed by atoms with Gasteiger partial charge in [-0.2, -0.15) is 8.78 Å². The molecule has 0 fully saturated rings. The number of nitro benzene ring substituents is 1. The number of hydrogen-bond acceptors (Lipinski definition) is 7. The SMILES string of the molecule is O=c1[nH]cnc2cc(NCc3ccc(OC(F)F)cn3)c([N+](=O)[O-])cc12. The van der Waals surface area contributed by atoms with Crippen LogP contribution in [0.25, 0.3) is 10.9 Å². The molecule has 0 spiro atoms. The highest BCUT2D eigenvalue weighted by Gasteiger charge is 2.17. The molecule has 9 nitrogen and oxygen atoms in total. The highest BCUT2D eigenvalue weighted by Crippen LogP contribution is 2.28. The zero-order valence-corrected chi connectivity index (χ0v) is 13.0. The third-order valence-electron chi connectivity index (χ3n) is 3.44. The fraction of sp³-hybridized carbons (Fsp3) is 0.133. The predicted octanol–water partition coefficient (Wildman–Crippen LogP) is 2.44. The smallest absolute Gasteiger partial charge is 0.387 e. The number of rotatable bonds is 6. The van der Waals surface area contributed by atoms with Crippen molar-refractivity contribution in [3.63, 3.8) is 0 Å². The number of benzene rings is 1. The Bertz CT molecular complexity index is 1010. The van der Waals surface area contributed by atoms with Gasteiger partial charge in [0.15, 0.2) is 0 Å². The van der Waals surface area contributed by atoms with E-state index in [2.05, 4.69) is 25.0 Å². The number of nitrogens with one attached hydrogen (secondary N) is 2. The standard InChI is InChI=1S/C15H11F2N5O4/c16-15(17)26-9-2-1-8(18-6-9)5-19-12-4-11-10(3-13(12)22(24)25)14(23)21-7-20-11/h1-4,6-7,15,19H,5H2,(H,20,21,23). The number of hydrogen-bond donors (Lipinski definition) is 2. The fourth-order valence-corrected chi connectivity index (χ4v) is 2.27. The molecule has 0 unspecified atom stereocenters. The molecule has 1 aromatic carbocycles. The van der Waals surface area contributed by atoms with Crippen LogP contribution in [0.5, 0.6) is 5.75 Å². The van der Waals surface area contributed by atoms with Crippen LogP contribution in [0, 0.1) is 10.1 Å². The number of ether oxygens (including phenoxy) is 1. The molecule has 2 N–H and O–H groups in total. The molecule has 0 radical (unpaired) electrons. The van der Waals surface area contributed by atoms with Crippen molar-refractivity contribution < 1.29 is 18.4 Å². The van der Waals surface area contributed by atoms with E-state index in [1.165, 1.54) is 24.5 Å². The largest absolute Gasteiger partial charge is 0.433 e. The molecular weight excluding hydrogens is 352 g/mol. The number of aromatic amines is 1. The lowest BCUT2D eigenvalue weighted by Gasteiger charge is -2.09. The van der Waals surface area contributed by atoms with Crippen LogP contribution in [0.2, 0.25) is 0 Å². The van der Waals surface area contributed by atoms with Crippen LogP contribution in [-0.4, -0.2) is 26.5 Å². The third kappa shape index (κ3) is 3.71. The van der Waals surface area contributed by atoms with Crippen molar-refractivity contribution in [3.05, 3.63) is 63.0 Å². The summed E-state index contributed by atoms with van der Waals surface area (Å²) in [7, 11) is 0. The zero-order valence-electron chi connectivity index (χ0n) is 13.0. The Hall–Kier alpha value is -3.63. The van der Waals surface area contributed by atoms with Gasteiger partial charge >= 0.3 is 6.61 Å². The number of nitrogens with zero attached hydrogens (tertiary/aromatic N) is 3. The summed E-state index contributed by atoms with van der Waals surface area (Å²) in [6, 6.07) is 5.28. The Morgan fingerprint density at radius 1 is 1.31 bits per heavy atom. The first kappa shape index (κ1) is 17.2. The molecule has 0 aliphatic heterocycles. The maximum atomic E-state index is 12.1. The minimum absolute atomic E-state index is 0.0878. The maximum Gasteiger partial charge on any atom is 0.387 e. The van der Waals surface area contributed by atoms with Gasteiger partial charge in [0, 0.05) is 6.07 Å². The van der Waals surface area contributed by atoms with E-state index in [9.17, 15) is 23.7 Å². The van der Waals surface area contributed by atoms with E-state index in [4.69, 9.17) is 0 Å². The first-order chi connectivity index (χ1) is 12.4. The van der Waals surface area contributed by atoms with Crippen molar-refractivity contribution in [3.8, 4) is 5.75 Å². The Morgan fingerprint density at radius 2 is 2.12 bits per heavy atom. The van der Waals surface area contributed by atoms with Crippen LogP contribution in [0.4, 0.5) is 20.2 Å². The summed E-state index contributed by atoms with van der Waals surface area (Å²) in [5.41, 5.74) is 0.0975. The number of anilines is 1. The lowest BCUT2D eigenvalue weighted by Crippen LogP contribution is -2.09. The quantitative estimate of drug-likeness (QED) is 0.509. The molecule has 2 heterocycles. The molecule has 0 amide bonds. The number of fused-ring (bicyclic) bond motifs is 1. The number of pyridine rings is 1. The van der Waals surface area contributed by atoms with Crippen molar-refractivity contribution >= 4 is 22.3 Å². The molecule has 26 heavy (non-hydrogen) atoms. The summed E-state index contributed by atoms with van der Waals surface area (Å²) >= 11 is 0. The first-order valence-corrected chi connectivity index (χ1v) is 7.23. The summed E-state index contributed by atoms with van der Waals surface area (Å²) in [5, 5.41) is 14.2. The minimum Gasteiger partial charge on any atom is -0.433 e. The summed E-state index contributed by atoms with van der Waals surface area (Å²) in [5.74, 6) is -0.0936. The lowest BCUT2D eigenvalue weighted by molar-refractivity contribution is -0.383. The normalized spacial score (nSPS) is 10.9. The molecule has 2 aromatic heterocycles. The van der Waals surface area contributed by atoms with Gasteiger partial charge in [0.05, 0.1) is 40.6 Å². The van der Waals surface area contributed by atoms with Crippen molar-refractivity contribution in [2.75, 3.05) is 5.32 Å². The van der Waals surface area contributed by atoms with Gasteiger partial charge in [-0.3, -0.25) is 19.9 Å². The molecule has 0 saturated heterocycles. The van der Waals surface area contributed by atoms with Gasteiger partial charge in [-0.1, -0.05) is 0 Å². The summed E-state index contributed by atoms with van der Waals surface area (Å²) < 4.78 is 28.4. The van der Waals surface area contributed by atoms with E-state index in [1.54, 1.807) is 0 Å². The number of nitro groups is 1. The van der Waals surface area contributed by atoms with E-state index >= 15 is 0 Å². The number of aromatic nitrogens is 3. The van der Waals surface area contributed by atoms with Crippen LogP contribution >= 0.6 is 0 Å². The average Bonchev–Trinajstić information content (AvgIpc) is 2.60. The van der Waals surface area contributed by atoms with E-state index in [1.807, 2.05) is 0 Å². The average molecular weight is 363 g/mol. The monoisotopic (exact) mass is 363 g/mol. The van der Waals surface area contributed by atoms with Gasteiger partial charge in [-0.15, -0.1) is 0 Å². The summed E-state index contributed by atoms with van der Waals surface area (Å²) in [6.45, 7) is -2.86. The van der Waals surface area contributed by atoms with Gasteiger partial charge in [-0.05, 0) is 18.2 Å². The zero-order chi connectivity index (χ0) is 18.7. The maximum absolute atomic E-state index is 12.1. The van der Waals surface area contributed by atoms with Gasteiger partial charge in [0.2, 0.25) is 0 Å². The number of H-pyrrole nitrogens is 1. The molecule has 0 saturated carbocycles. The minimum atomic E-state index is -2.95. The second kappa shape index (κ2) is 7.09.